The number of rotatable bonds is 3. The second kappa shape index (κ2) is 3.82. The van der Waals surface area contributed by atoms with Gasteiger partial charge in [0.2, 0.25) is 0 Å². The van der Waals surface area contributed by atoms with Crippen molar-refractivity contribution in [2.75, 3.05) is 6.61 Å². The van der Waals surface area contributed by atoms with Crippen LogP contribution in [0.4, 0.5) is 0 Å². The highest BCUT2D eigenvalue weighted by atomic mass is 16.5. The molecule has 0 unspecified atom stereocenters. The maximum Gasteiger partial charge on any atom is 0.119 e. The summed E-state index contributed by atoms with van der Waals surface area (Å²) < 4.78 is 5.68. The quantitative estimate of drug-likeness (QED) is 0.687. The second-order valence-electron chi connectivity index (χ2n) is 3.94. The highest BCUT2D eigenvalue weighted by Gasteiger charge is 2.26. The molecular formula is C12H16O. The number of para-hydroxylation sites is 1. The Kier molecular flexibility index (Phi) is 2.53. The number of benzene rings is 1. The third kappa shape index (κ3) is 2.03. The Bertz CT molecular complexity index is 255. The summed E-state index contributed by atoms with van der Waals surface area (Å²) in [5.41, 5.74) is 0. The van der Waals surface area contributed by atoms with Crippen molar-refractivity contribution < 1.29 is 4.74 Å². The lowest BCUT2D eigenvalue weighted by Gasteiger charge is -2.33. The van der Waals surface area contributed by atoms with E-state index in [4.69, 9.17) is 4.74 Å². The number of ether oxygens (including phenoxy) is 1. The largest absolute Gasteiger partial charge is 0.493 e. The lowest BCUT2D eigenvalue weighted by Crippen LogP contribution is -2.28. The monoisotopic (exact) mass is 176 g/mol. The Morgan fingerprint density at radius 3 is 2.54 bits per heavy atom. The summed E-state index contributed by atoms with van der Waals surface area (Å²) >= 11 is 0. The first-order valence-electron chi connectivity index (χ1n) is 5.04. The van der Waals surface area contributed by atoms with Crippen molar-refractivity contribution in [2.24, 2.45) is 11.8 Å². The van der Waals surface area contributed by atoms with Gasteiger partial charge in [-0.15, -0.1) is 0 Å². The third-order valence-corrected chi connectivity index (χ3v) is 3.00. The van der Waals surface area contributed by atoms with Crippen LogP contribution in [0.15, 0.2) is 30.3 Å². The van der Waals surface area contributed by atoms with E-state index >= 15 is 0 Å². The Morgan fingerprint density at radius 1 is 1.23 bits per heavy atom. The van der Waals surface area contributed by atoms with Crippen LogP contribution in [0, 0.1) is 11.8 Å². The van der Waals surface area contributed by atoms with Gasteiger partial charge in [-0.05, 0) is 36.8 Å². The van der Waals surface area contributed by atoms with E-state index in [9.17, 15) is 0 Å². The van der Waals surface area contributed by atoms with Crippen molar-refractivity contribution in [3.8, 4) is 5.75 Å². The molecule has 70 valence electrons. The van der Waals surface area contributed by atoms with E-state index in [-0.39, 0.29) is 0 Å². The zero-order valence-corrected chi connectivity index (χ0v) is 8.07. The summed E-state index contributed by atoms with van der Waals surface area (Å²) in [7, 11) is 0. The van der Waals surface area contributed by atoms with Crippen molar-refractivity contribution in [1.82, 2.24) is 0 Å². The first-order valence-corrected chi connectivity index (χ1v) is 5.04. The molecule has 1 saturated carbocycles. The molecule has 1 fully saturated rings. The first-order chi connectivity index (χ1) is 6.36. The van der Waals surface area contributed by atoms with Crippen LogP contribution < -0.4 is 4.74 Å². The molecule has 1 aromatic carbocycles. The van der Waals surface area contributed by atoms with Gasteiger partial charge in [0.05, 0.1) is 6.61 Å². The predicted octanol–water partition coefficient (Wildman–Crippen LogP) is 3.11. The first kappa shape index (κ1) is 8.61. The van der Waals surface area contributed by atoms with Gasteiger partial charge in [0, 0.05) is 0 Å². The fourth-order valence-corrected chi connectivity index (χ4v) is 1.70. The molecule has 0 amide bonds. The normalized spacial score (nSPS) is 26.5. The van der Waals surface area contributed by atoms with Crippen molar-refractivity contribution in [3.63, 3.8) is 0 Å². The molecule has 0 N–H and O–H groups in total. The smallest absolute Gasteiger partial charge is 0.119 e. The minimum atomic E-state index is 0.792. The highest BCUT2D eigenvalue weighted by molar-refractivity contribution is 5.20. The van der Waals surface area contributed by atoms with Crippen LogP contribution in [0.3, 0.4) is 0 Å². The van der Waals surface area contributed by atoms with Gasteiger partial charge in [-0.25, -0.2) is 0 Å². The van der Waals surface area contributed by atoms with E-state index < -0.39 is 0 Å². The van der Waals surface area contributed by atoms with Crippen LogP contribution in [0.5, 0.6) is 5.75 Å². The SMILES string of the molecule is C[C@@H]1CC[C@@H]1COc1ccccc1. The van der Waals surface area contributed by atoms with Crippen molar-refractivity contribution in [1.29, 1.82) is 0 Å². The van der Waals surface area contributed by atoms with Gasteiger partial charge >= 0.3 is 0 Å². The fourth-order valence-electron chi connectivity index (χ4n) is 1.70. The number of hydrogen-bond donors (Lipinski definition) is 0. The Labute approximate surface area is 79.7 Å². The molecule has 13 heavy (non-hydrogen) atoms. The maximum atomic E-state index is 5.68. The van der Waals surface area contributed by atoms with Gasteiger partial charge in [-0.2, -0.15) is 0 Å². The van der Waals surface area contributed by atoms with E-state index in [2.05, 4.69) is 6.92 Å². The highest BCUT2D eigenvalue weighted by Crippen LogP contribution is 2.33. The van der Waals surface area contributed by atoms with Crippen LogP contribution in [0.25, 0.3) is 0 Å². The Morgan fingerprint density at radius 2 is 2.00 bits per heavy atom. The van der Waals surface area contributed by atoms with Crippen LogP contribution in [0.2, 0.25) is 0 Å². The molecule has 0 heterocycles. The van der Waals surface area contributed by atoms with Gasteiger partial charge in [-0.1, -0.05) is 25.1 Å². The summed E-state index contributed by atoms with van der Waals surface area (Å²) in [6, 6.07) is 10.1. The van der Waals surface area contributed by atoms with E-state index in [1.165, 1.54) is 12.8 Å². The summed E-state index contributed by atoms with van der Waals surface area (Å²) in [5.74, 6) is 2.66. The fraction of sp³-hybridized carbons (Fsp3) is 0.500. The molecule has 0 aliphatic heterocycles. The van der Waals surface area contributed by atoms with E-state index in [1.807, 2.05) is 30.3 Å². The molecule has 1 aromatic rings. The molecule has 0 radical (unpaired) electrons. The topological polar surface area (TPSA) is 9.23 Å². The standard InChI is InChI=1S/C12H16O/c1-10-7-8-11(10)9-13-12-5-3-2-4-6-12/h2-6,10-11H,7-9H2,1H3/t10-,11-/m1/s1. The summed E-state index contributed by atoms with van der Waals surface area (Å²) in [6.07, 6.45) is 2.72. The Hall–Kier alpha value is -0.980. The molecule has 0 aromatic heterocycles. The molecule has 2 atom stereocenters. The predicted molar refractivity (Wildman–Crippen MR) is 53.8 cm³/mol. The van der Waals surface area contributed by atoms with Crippen molar-refractivity contribution >= 4 is 0 Å². The zero-order valence-electron chi connectivity index (χ0n) is 8.07. The molecular weight excluding hydrogens is 160 g/mol. The minimum absolute atomic E-state index is 0.792. The minimum Gasteiger partial charge on any atom is -0.493 e. The molecule has 1 aliphatic rings. The summed E-state index contributed by atoms with van der Waals surface area (Å²) in [4.78, 5) is 0. The van der Waals surface area contributed by atoms with Crippen LogP contribution in [0.1, 0.15) is 19.8 Å². The molecule has 0 saturated heterocycles. The average molecular weight is 176 g/mol. The molecule has 1 aliphatic carbocycles. The summed E-state index contributed by atoms with van der Waals surface area (Å²) in [6.45, 7) is 3.20. The Balaban J connectivity index is 1.80. The third-order valence-electron chi connectivity index (χ3n) is 3.00. The lowest BCUT2D eigenvalue weighted by atomic mass is 9.75. The maximum absolute atomic E-state index is 5.68. The molecule has 0 spiro atoms. The number of hydrogen-bond acceptors (Lipinski definition) is 1. The van der Waals surface area contributed by atoms with E-state index in [1.54, 1.807) is 0 Å². The zero-order chi connectivity index (χ0) is 9.10. The second-order valence-corrected chi connectivity index (χ2v) is 3.94. The molecule has 1 nitrogen and oxygen atoms in total. The van der Waals surface area contributed by atoms with Crippen molar-refractivity contribution in [3.05, 3.63) is 30.3 Å². The van der Waals surface area contributed by atoms with Crippen LogP contribution in [-0.2, 0) is 0 Å². The molecule has 2 rings (SSSR count). The van der Waals surface area contributed by atoms with Gasteiger partial charge in [0.15, 0.2) is 0 Å². The van der Waals surface area contributed by atoms with Gasteiger partial charge < -0.3 is 4.74 Å². The van der Waals surface area contributed by atoms with Crippen molar-refractivity contribution in [2.45, 2.75) is 19.8 Å². The molecule has 0 bridgehead atoms. The van der Waals surface area contributed by atoms with E-state index in [0.717, 1.165) is 24.2 Å². The van der Waals surface area contributed by atoms with Crippen LogP contribution in [-0.4, -0.2) is 6.61 Å². The lowest BCUT2D eigenvalue weighted by molar-refractivity contribution is 0.116. The molecule has 1 heteroatoms. The van der Waals surface area contributed by atoms with Gasteiger partial charge in [-0.3, -0.25) is 0 Å². The van der Waals surface area contributed by atoms with Gasteiger partial charge in [0.1, 0.15) is 5.75 Å². The average Bonchev–Trinajstić information content (AvgIpc) is 2.17. The van der Waals surface area contributed by atoms with E-state index in [0.29, 0.717) is 0 Å². The van der Waals surface area contributed by atoms with Crippen LogP contribution >= 0.6 is 0 Å². The van der Waals surface area contributed by atoms with Gasteiger partial charge in [0.25, 0.3) is 0 Å². The summed E-state index contributed by atoms with van der Waals surface area (Å²) in [5, 5.41) is 0.